The average Bonchev–Trinajstić information content (AvgIpc) is 2.50. The number of nitrogens with one attached hydrogen (secondary N) is 2. The molecule has 1 aromatic rings. The number of benzene rings is 1. The fourth-order valence-electron chi connectivity index (χ4n) is 2.40. The predicted molar refractivity (Wildman–Crippen MR) is 81.3 cm³/mol. The molecule has 110 valence electrons. The van der Waals surface area contributed by atoms with Crippen LogP contribution in [0.15, 0.2) is 18.2 Å². The van der Waals surface area contributed by atoms with Gasteiger partial charge in [-0.2, -0.15) is 0 Å². The number of hydrogen-bond donors (Lipinski definition) is 3. The molecule has 0 bridgehead atoms. The molecule has 5 heteroatoms. The Bertz CT molecular complexity index is 462. The second-order valence-electron chi connectivity index (χ2n) is 5.09. The lowest BCUT2D eigenvalue weighted by Gasteiger charge is -2.24. The lowest BCUT2D eigenvalue weighted by molar-refractivity contribution is 0.0793. The summed E-state index contributed by atoms with van der Waals surface area (Å²) in [6, 6.07) is 5.76. The van der Waals surface area contributed by atoms with E-state index in [0.29, 0.717) is 0 Å². The van der Waals surface area contributed by atoms with Crippen LogP contribution in [0, 0.1) is 0 Å². The summed E-state index contributed by atoms with van der Waals surface area (Å²) in [5.74, 6) is 0.0436. The van der Waals surface area contributed by atoms with E-state index in [-0.39, 0.29) is 12.5 Å². The molecule has 1 amide bonds. The number of unbranched alkanes of at least 4 members (excludes halogenated alkanes) is 2. The van der Waals surface area contributed by atoms with E-state index in [1.807, 2.05) is 25.2 Å². The maximum Gasteiger partial charge on any atom is 0.255 e. The molecule has 5 nitrogen and oxygen atoms in total. The first-order valence-corrected chi connectivity index (χ1v) is 7.21. The standard InChI is InChI=1S/C15H23N3O2/c1-18(10-3-2-4-11-19)15(20)12-6-5-7-13-14(12)17-9-8-16-13/h5-7,16-17,19H,2-4,8-11H2,1H3. The number of aliphatic hydroxyl groups excluding tert-OH is 1. The third kappa shape index (κ3) is 3.42. The zero-order valence-electron chi connectivity index (χ0n) is 12.0. The summed E-state index contributed by atoms with van der Waals surface area (Å²) in [6.45, 7) is 2.65. The number of carbonyl (C=O) groups excluding carboxylic acids is 1. The van der Waals surface area contributed by atoms with Gasteiger partial charge in [-0.25, -0.2) is 0 Å². The van der Waals surface area contributed by atoms with Crippen LogP contribution in [0.5, 0.6) is 0 Å². The molecule has 0 atom stereocenters. The van der Waals surface area contributed by atoms with E-state index in [0.717, 1.165) is 55.8 Å². The van der Waals surface area contributed by atoms with Gasteiger partial charge < -0.3 is 20.6 Å². The molecule has 0 aliphatic carbocycles. The highest BCUT2D eigenvalue weighted by molar-refractivity contribution is 6.02. The summed E-state index contributed by atoms with van der Waals surface area (Å²) in [4.78, 5) is 14.2. The van der Waals surface area contributed by atoms with Crippen LogP contribution in [-0.2, 0) is 0 Å². The summed E-state index contributed by atoms with van der Waals surface area (Å²) in [6.07, 6.45) is 2.67. The van der Waals surface area contributed by atoms with Crippen molar-refractivity contribution < 1.29 is 9.90 Å². The molecular weight excluding hydrogens is 254 g/mol. The van der Waals surface area contributed by atoms with Crippen molar-refractivity contribution in [1.82, 2.24) is 4.90 Å². The molecule has 0 saturated carbocycles. The molecule has 1 aliphatic rings. The van der Waals surface area contributed by atoms with Gasteiger partial charge >= 0.3 is 0 Å². The molecule has 0 fully saturated rings. The monoisotopic (exact) mass is 277 g/mol. The van der Waals surface area contributed by atoms with Crippen molar-refractivity contribution in [3.8, 4) is 0 Å². The largest absolute Gasteiger partial charge is 0.396 e. The smallest absolute Gasteiger partial charge is 0.255 e. The van der Waals surface area contributed by atoms with Gasteiger partial charge in [-0.05, 0) is 31.4 Å². The fraction of sp³-hybridized carbons (Fsp3) is 0.533. The van der Waals surface area contributed by atoms with Crippen molar-refractivity contribution in [2.75, 3.05) is 43.9 Å². The van der Waals surface area contributed by atoms with Crippen molar-refractivity contribution >= 4 is 17.3 Å². The lowest BCUT2D eigenvalue weighted by atomic mass is 10.1. The Morgan fingerprint density at radius 3 is 2.85 bits per heavy atom. The number of nitrogens with zero attached hydrogens (tertiary/aromatic N) is 1. The van der Waals surface area contributed by atoms with Crippen LogP contribution in [0.1, 0.15) is 29.6 Å². The van der Waals surface area contributed by atoms with Gasteiger partial charge in [0.05, 0.1) is 16.9 Å². The molecule has 1 heterocycles. The summed E-state index contributed by atoms with van der Waals surface area (Å²) >= 11 is 0. The lowest BCUT2D eigenvalue weighted by Crippen LogP contribution is -2.30. The number of para-hydroxylation sites is 1. The second-order valence-corrected chi connectivity index (χ2v) is 5.09. The van der Waals surface area contributed by atoms with Gasteiger partial charge in [0.1, 0.15) is 0 Å². The molecular formula is C15H23N3O2. The van der Waals surface area contributed by atoms with Gasteiger partial charge in [-0.3, -0.25) is 4.79 Å². The summed E-state index contributed by atoms with van der Waals surface area (Å²) in [5, 5.41) is 15.4. The third-order valence-electron chi connectivity index (χ3n) is 3.54. The Morgan fingerprint density at radius 2 is 2.05 bits per heavy atom. The van der Waals surface area contributed by atoms with E-state index in [2.05, 4.69) is 10.6 Å². The number of hydrogen-bond acceptors (Lipinski definition) is 4. The van der Waals surface area contributed by atoms with Crippen LogP contribution in [-0.4, -0.2) is 49.2 Å². The number of rotatable bonds is 6. The van der Waals surface area contributed by atoms with Crippen molar-refractivity contribution in [2.45, 2.75) is 19.3 Å². The Morgan fingerprint density at radius 1 is 1.25 bits per heavy atom. The number of amides is 1. The zero-order valence-corrected chi connectivity index (χ0v) is 12.0. The van der Waals surface area contributed by atoms with Gasteiger partial charge in [-0.1, -0.05) is 6.07 Å². The van der Waals surface area contributed by atoms with E-state index in [9.17, 15) is 4.79 Å². The summed E-state index contributed by atoms with van der Waals surface area (Å²) in [7, 11) is 1.83. The van der Waals surface area contributed by atoms with Gasteiger partial charge in [0.25, 0.3) is 5.91 Å². The Hall–Kier alpha value is -1.75. The van der Waals surface area contributed by atoms with E-state index < -0.39 is 0 Å². The van der Waals surface area contributed by atoms with Crippen LogP contribution in [0.25, 0.3) is 0 Å². The zero-order chi connectivity index (χ0) is 14.4. The number of fused-ring (bicyclic) bond motifs is 1. The Labute approximate surface area is 120 Å². The van der Waals surface area contributed by atoms with Gasteiger partial charge in [0, 0.05) is 33.3 Å². The predicted octanol–water partition coefficient (Wildman–Crippen LogP) is 1.76. The second kappa shape index (κ2) is 7.14. The third-order valence-corrected chi connectivity index (χ3v) is 3.54. The van der Waals surface area contributed by atoms with Crippen LogP contribution >= 0.6 is 0 Å². The first kappa shape index (κ1) is 14.7. The number of aliphatic hydroxyl groups is 1. The molecule has 2 rings (SSSR count). The molecule has 0 radical (unpaired) electrons. The van der Waals surface area contributed by atoms with Crippen molar-refractivity contribution in [2.24, 2.45) is 0 Å². The fourth-order valence-corrected chi connectivity index (χ4v) is 2.40. The SMILES string of the molecule is CN(CCCCCO)C(=O)c1cccc2c1NCCN2. The highest BCUT2D eigenvalue weighted by Crippen LogP contribution is 2.29. The molecule has 3 N–H and O–H groups in total. The highest BCUT2D eigenvalue weighted by Gasteiger charge is 2.19. The minimum Gasteiger partial charge on any atom is -0.396 e. The molecule has 0 saturated heterocycles. The summed E-state index contributed by atoms with van der Waals surface area (Å²) < 4.78 is 0. The molecule has 0 spiro atoms. The molecule has 0 aromatic heterocycles. The van der Waals surface area contributed by atoms with Crippen LogP contribution in [0.3, 0.4) is 0 Å². The first-order valence-electron chi connectivity index (χ1n) is 7.21. The van der Waals surface area contributed by atoms with Crippen molar-refractivity contribution in [3.63, 3.8) is 0 Å². The van der Waals surface area contributed by atoms with E-state index in [1.54, 1.807) is 4.90 Å². The molecule has 1 aromatic carbocycles. The first-order chi connectivity index (χ1) is 9.74. The van der Waals surface area contributed by atoms with Gasteiger partial charge in [-0.15, -0.1) is 0 Å². The van der Waals surface area contributed by atoms with Gasteiger partial charge in [0.15, 0.2) is 0 Å². The molecule has 0 unspecified atom stereocenters. The highest BCUT2D eigenvalue weighted by atomic mass is 16.2. The minimum atomic E-state index is 0.0436. The van der Waals surface area contributed by atoms with Crippen LogP contribution < -0.4 is 10.6 Å². The van der Waals surface area contributed by atoms with E-state index >= 15 is 0 Å². The normalized spacial score (nSPS) is 13.1. The quantitative estimate of drug-likeness (QED) is 0.693. The minimum absolute atomic E-state index is 0.0436. The number of anilines is 2. The Kier molecular flexibility index (Phi) is 5.24. The van der Waals surface area contributed by atoms with E-state index in [1.165, 1.54) is 0 Å². The topological polar surface area (TPSA) is 64.6 Å². The maximum atomic E-state index is 12.5. The van der Waals surface area contributed by atoms with Crippen molar-refractivity contribution in [3.05, 3.63) is 23.8 Å². The summed E-state index contributed by atoms with van der Waals surface area (Å²) in [5.41, 5.74) is 2.63. The van der Waals surface area contributed by atoms with E-state index in [4.69, 9.17) is 5.11 Å². The Balaban J connectivity index is 2.01. The van der Waals surface area contributed by atoms with Crippen LogP contribution in [0.4, 0.5) is 11.4 Å². The maximum absolute atomic E-state index is 12.5. The number of carbonyl (C=O) groups is 1. The average molecular weight is 277 g/mol. The van der Waals surface area contributed by atoms with Crippen molar-refractivity contribution in [1.29, 1.82) is 0 Å². The molecule has 20 heavy (non-hydrogen) atoms. The van der Waals surface area contributed by atoms with Crippen LogP contribution in [0.2, 0.25) is 0 Å². The molecule has 1 aliphatic heterocycles. The van der Waals surface area contributed by atoms with Gasteiger partial charge in [0.2, 0.25) is 0 Å².